The molecule has 0 saturated carbocycles. The summed E-state index contributed by atoms with van der Waals surface area (Å²) in [7, 11) is 0. The Morgan fingerprint density at radius 3 is 2.74 bits per heavy atom. The second-order valence-corrected chi connectivity index (χ2v) is 12.0. The predicted molar refractivity (Wildman–Crippen MR) is 140 cm³/mol. The summed E-state index contributed by atoms with van der Waals surface area (Å²) < 4.78 is 0. The number of fused-ring (bicyclic) bond motifs is 1. The van der Waals surface area contributed by atoms with Crippen LogP contribution in [-0.2, 0) is 28.9 Å². The monoisotopic (exact) mass is 497 g/mol. The van der Waals surface area contributed by atoms with Crippen LogP contribution >= 0.6 is 11.3 Å². The van der Waals surface area contributed by atoms with Crippen molar-refractivity contribution in [1.82, 2.24) is 15.5 Å². The van der Waals surface area contributed by atoms with Crippen LogP contribution in [0.4, 0.5) is 0 Å². The summed E-state index contributed by atoms with van der Waals surface area (Å²) in [5.74, 6) is -0.188. The molecular weight excluding hydrogens is 458 g/mol. The first-order valence-electron chi connectivity index (χ1n) is 12.9. The van der Waals surface area contributed by atoms with Gasteiger partial charge in [0.1, 0.15) is 0 Å². The van der Waals surface area contributed by atoms with Crippen molar-refractivity contribution in [2.24, 2.45) is 5.41 Å². The second kappa shape index (κ2) is 11.2. The van der Waals surface area contributed by atoms with E-state index in [1.54, 1.807) is 4.90 Å². The van der Waals surface area contributed by atoms with Gasteiger partial charge in [-0.3, -0.25) is 9.59 Å². The number of nitrogens with one attached hydrogen (secondary N) is 2. The van der Waals surface area contributed by atoms with E-state index in [0.717, 1.165) is 31.2 Å². The fourth-order valence-electron chi connectivity index (χ4n) is 5.31. The van der Waals surface area contributed by atoms with E-state index in [1.165, 1.54) is 15.3 Å². The lowest BCUT2D eigenvalue weighted by molar-refractivity contribution is -0.133. The zero-order valence-electron chi connectivity index (χ0n) is 21.2. The first kappa shape index (κ1) is 25.9. The van der Waals surface area contributed by atoms with Gasteiger partial charge in [0.05, 0.1) is 18.7 Å². The van der Waals surface area contributed by atoms with Crippen molar-refractivity contribution in [1.29, 1.82) is 0 Å². The number of hydrogen-bond donors (Lipinski definition) is 3. The minimum atomic E-state index is -0.758. The molecule has 1 aliphatic carbocycles. The predicted octanol–water partition coefficient (Wildman–Crippen LogP) is 3.62. The molecule has 190 valence electrons. The number of carbonyl (C=O) groups is 2. The summed E-state index contributed by atoms with van der Waals surface area (Å²) in [5, 5.41) is 17.9. The summed E-state index contributed by atoms with van der Waals surface area (Å²) in [6.45, 7) is 7.88. The van der Waals surface area contributed by atoms with E-state index in [9.17, 15) is 14.7 Å². The largest absolute Gasteiger partial charge is 0.390 e. The molecule has 3 N–H and O–H groups in total. The molecule has 1 fully saturated rings. The average Bonchev–Trinajstić information content (AvgIpc) is 3.42. The fourth-order valence-corrected chi connectivity index (χ4v) is 6.74. The summed E-state index contributed by atoms with van der Waals surface area (Å²) in [6.07, 6.45) is 4.23. The van der Waals surface area contributed by atoms with Crippen LogP contribution in [0.1, 0.15) is 67.0 Å². The van der Waals surface area contributed by atoms with Gasteiger partial charge in [-0.25, -0.2) is 0 Å². The average molecular weight is 498 g/mol. The van der Waals surface area contributed by atoms with E-state index in [2.05, 4.69) is 37.5 Å². The van der Waals surface area contributed by atoms with Crippen LogP contribution in [0.25, 0.3) is 0 Å². The molecule has 4 rings (SSSR count). The van der Waals surface area contributed by atoms with Crippen molar-refractivity contribution in [2.75, 3.05) is 19.6 Å². The number of aliphatic hydroxyl groups is 1. The highest BCUT2D eigenvalue weighted by atomic mass is 32.1. The van der Waals surface area contributed by atoms with Crippen molar-refractivity contribution in [3.8, 4) is 0 Å². The molecule has 2 aromatic rings. The van der Waals surface area contributed by atoms with Gasteiger partial charge in [0.2, 0.25) is 11.8 Å². The minimum absolute atomic E-state index is 0.0277. The Kier molecular flexibility index (Phi) is 8.30. The molecular formula is C28H39N3O3S. The molecule has 35 heavy (non-hydrogen) atoms. The summed E-state index contributed by atoms with van der Waals surface area (Å²) in [6, 6.07) is 12.0. The first-order valence-corrected chi connectivity index (χ1v) is 13.7. The van der Waals surface area contributed by atoms with Gasteiger partial charge in [-0.05, 0) is 54.7 Å². The van der Waals surface area contributed by atoms with E-state index in [1.807, 2.05) is 41.7 Å². The maximum Gasteiger partial charge on any atom is 0.239 e. The van der Waals surface area contributed by atoms with Crippen LogP contribution in [0.5, 0.6) is 0 Å². The summed E-state index contributed by atoms with van der Waals surface area (Å²) in [5.41, 5.74) is 2.63. The minimum Gasteiger partial charge on any atom is -0.390 e. The molecule has 1 aliphatic heterocycles. The summed E-state index contributed by atoms with van der Waals surface area (Å²) in [4.78, 5) is 29.2. The van der Waals surface area contributed by atoms with Crippen LogP contribution in [-0.4, -0.2) is 53.6 Å². The maximum absolute atomic E-state index is 12.8. The number of amides is 2. The van der Waals surface area contributed by atoms with Crippen molar-refractivity contribution >= 4 is 23.2 Å². The molecule has 1 aromatic carbocycles. The Hall–Kier alpha value is -2.22. The lowest BCUT2D eigenvalue weighted by Gasteiger charge is -2.36. The molecule has 0 spiro atoms. The van der Waals surface area contributed by atoms with E-state index in [-0.39, 0.29) is 29.8 Å². The van der Waals surface area contributed by atoms with Gasteiger partial charge in [0, 0.05) is 35.3 Å². The number of likely N-dealkylation sites (tertiary alicyclic amines) is 1. The van der Waals surface area contributed by atoms with Crippen LogP contribution in [0.15, 0.2) is 36.4 Å². The van der Waals surface area contributed by atoms with Crippen LogP contribution in [0, 0.1) is 5.41 Å². The number of aliphatic hydroxyl groups excluding tert-OH is 1. The highest BCUT2D eigenvalue weighted by Crippen LogP contribution is 2.44. The highest BCUT2D eigenvalue weighted by molar-refractivity contribution is 7.12. The van der Waals surface area contributed by atoms with Crippen molar-refractivity contribution in [3.63, 3.8) is 0 Å². The lowest BCUT2D eigenvalue weighted by Crippen LogP contribution is -2.51. The molecule has 0 unspecified atom stereocenters. The molecule has 6 nitrogen and oxygen atoms in total. The van der Waals surface area contributed by atoms with Gasteiger partial charge < -0.3 is 20.6 Å². The highest BCUT2D eigenvalue weighted by Gasteiger charge is 2.34. The number of rotatable bonds is 10. The van der Waals surface area contributed by atoms with E-state index in [0.29, 0.717) is 25.9 Å². The number of hydrogen-bond acceptors (Lipinski definition) is 5. The maximum atomic E-state index is 12.8. The molecule has 2 heterocycles. The Labute approximate surface area is 213 Å². The topological polar surface area (TPSA) is 81.7 Å². The zero-order chi connectivity index (χ0) is 25.0. The molecule has 7 heteroatoms. The SMILES string of the molecule is CCc1cc2c(s1)CC(C)(C)C[C@@H]2NC[C@@H](O)[C@H](Cc1ccccc1)NC(=O)CN1CCCC1=O. The van der Waals surface area contributed by atoms with Crippen LogP contribution in [0.3, 0.4) is 0 Å². The third kappa shape index (κ3) is 6.72. The molecule has 3 atom stereocenters. The second-order valence-electron chi connectivity index (χ2n) is 10.8. The van der Waals surface area contributed by atoms with Gasteiger partial charge in [-0.1, -0.05) is 51.1 Å². The van der Waals surface area contributed by atoms with Crippen LogP contribution < -0.4 is 10.6 Å². The van der Waals surface area contributed by atoms with Crippen molar-refractivity contribution < 1.29 is 14.7 Å². The Balaban J connectivity index is 1.43. The molecule has 2 amide bonds. The number of carbonyl (C=O) groups excluding carboxylic acids is 2. The van der Waals surface area contributed by atoms with Crippen molar-refractivity contribution in [3.05, 3.63) is 57.3 Å². The van der Waals surface area contributed by atoms with Gasteiger partial charge in [-0.15, -0.1) is 11.3 Å². The zero-order valence-corrected chi connectivity index (χ0v) is 22.0. The normalized spacial score (nSPS) is 21.0. The van der Waals surface area contributed by atoms with Crippen LogP contribution in [0.2, 0.25) is 0 Å². The third-order valence-corrected chi connectivity index (χ3v) is 8.50. The van der Waals surface area contributed by atoms with E-state index < -0.39 is 12.1 Å². The Morgan fingerprint density at radius 2 is 2.06 bits per heavy atom. The fraction of sp³-hybridized carbons (Fsp3) is 0.571. The summed E-state index contributed by atoms with van der Waals surface area (Å²) >= 11 is 1.92. The smallest absolute Gasteiger partial charge is 0.239 e. The van der Waals surface area contributed by atoms with Gasteiger partial charge >= 0.3 is 0 Å². The Morgan fingerprint density at radius 1 is 1.29 bits per heavy atom. The van der Waals surface area contributed by atoms with Crippen molar-refractivity contribution in [2.45, 2.75) is 77.5 Å². The molecule has 0 radical (unpaired) electrons. The first-order chi connectivity index (χ1) is 16.7. The number of aryl methyl sites for hydroxylation is 1. The molecule has 2 aliphatic rings. The quantitative estimate of drug-likeness (QED) is 0.468. The number of nitrogens with zero attached hydrogens (tertiary/aromatic N) is 1. The standard InChI is InChI=1S/C28H39N3O3S/c1-4-20-14-21-23(15-28(2,3)16-25(21)35-20)29-17-24(32)22(13-19-9-6-5-7-10-19)30-26(33)18-31-12-8-11-27(31)34/h5-7,9-10,14,22-24,29,32H,4,8,11-13,15-18H2,1-3H3,(H,30,33)/t22-,23-,24+/m0/s1. The number of thiophene rings is 1. The molecule has 0 bridgehead atoms. The molecule has 1 aromatic heterocycles. The van der Waals surface area contributed by atoms with E-state index in [4.69, 9.17) is 0 Å². The molecule has 1 saturated heterocycles. The third-order valence-electron chi connectivity index (χ3n) is 7.20. The van der Waals surface area contributed by atoms with Gasteiger partial charge in [0.15, 0.2) is 0 Å². The van der Waals surface area contributed by atoms with Gasteiger partial charge in [0.25, 0.3) is 0 Å². The lowest BCUT2D eigenvalue weighted by atomic mass is 9.75. The van der Waals surface area contributed by atoms with Gasteiger partial charge in [-0.2, -0.15) is 0 Å². The van der Waals surface area contributed by atoms with E-state index >= 15 is 0 Å². The Bertz CT molecular complexity index is 1020. The number of benzene rings is 1.